The number of ether oxygens (including phenoxy) is 2. The molecule has 31 heavy (non-hydrogen) atoms. The lowest BCUT2D eigenvalue weighted by Crippen LogP contribution is -2.41. The van der Waals surface area contributed by atoms with E-state index < -0.39 is 0 Å². The molecular formula is C25H29N3O3. The number of nitrogens with one attached hydrogen (secondary N) is 1. The second-order valence-corrected chi connectivity index (χ2v) is 7.64. The van der Waals surface area contributed by atoms with Crippen molar-refractivity contribution in [3.8, 4) is 22.7 Å². The van der Waals surface area contributed by atoms with Crippen LogP contribution in [0.5, 0.6) is 5.75 Å². The predicted molar refractivity (Wildman–Crippen MR) is 122 cm³/mol. The summed E-state index contributed by atoms with van der Waals surface area (Å²) in [5.74, 6) is 0.733. The first kappa shape index (κ1) is 21.2. The zero-order valence-electron chi connectivity index (χ0n) is 18.1. The Morgan fingerprint density at radius 1 is 1.06 bits per heavy atom. The second-order valence-electron chi connectivity index (χ2n) is 7.64. The summed E-state index contributed by atoms with van der Waals surface area (Å²) in [5.41, 5.74) is 4.57. The van der Waals surface area contributed by atoms with E-state index in [0.29, 0.717) is 12.1 Å². The molecule has 0 unspecified atom stereocenters. The van der Waals surface area contributed by atoms with Crippen molar-refractivity contribution in [2.24, 2.45) is 0 Å². The van der Waals surface area contributed by atoms with Gasteiger partial charge in [-0.2, -0.15) is 0 Å². The summed E-state index contributed by atoms with van der Waals surface area (Å²) in [7, 11) is 1.66. The lowest BCUT2D eigenvalue weighted by molar-refractivity contribution is 0.0383. The largest absolute Gasteiger partial charge is 0.497 e. The van der Waals surface area contributed by atoms with Gasteiger partial charge in [-0.05, 0) is 37.3 Å². The Bertz CT molecular complexity index is 1020. The van der Waals surface area contributed by atoms with Crippen LogP contribution < -0.4 is 10.1 Å². The van der Waals surface area contributed by atoms with E-state index in [1.165, 1.54) is 0 Å². The van der Waals surface area contributed by atoms with Gasteiger partial charge in [0.25, 0.3) is 5.91 Å². The molecule has 6 nitrogen and oxygen atoms in total. The van der Waals surface area contributed by atoms with Crippen molar-refractivity contribution in [1.82, 2.24) is 14.8 Å². The summed E-state index contributed by atoms with van der Waals surface area (Å²) >= 11 is 0. The number of aromatic nitrogens is 1. The van der Waals surface area contributed by atoms with Gasteiger partial charge in [0.15, 0.2) is 0 Å². The molecule has 1 aliphatic heterocycles. The monoisotopic (exact) mass is 419 g/mol. The lowest BCUT2D eigenvalue weighted by Gasteiger charge is -2.26. The van der Waals surface area contributed by atoms with E-state index in [1.54, 1.807) is 7.11 Å². The van der Waals surface area contributed by atoms with Crippen molar-refractivity contribution < 1.29 is 14.3 Å². The fourth-order valence-corrected chi connectivity index (χ4v) is 3.99. The summed E-state index contributed by atoms with van der Waals surface area (Å²) in [6.07, 6.45) is 0. The van der Waals surface area contributed by atoms with Crippen molar-refractivity contribution in [2.75, 3.05) is 46.5 Å². The van der Waals surface area contributed by atoms with E-state index in [-0.39, 0.29) is 5.91 Å². The predicted octanol–water partition coefficient (Wildman–Crippen LogP) is 3.52. The average Bonchev–Trinajstić information content (AvgIpc) is 3.17. The zero-order chi connectivity index (χ0) is 21.6. The third kappa shape index (κ3) is 4.81. The maximum Gasteiger partial charge on any atom is 0.253 e. The number of hydrogen-bond acceptors (Lipinski definition) is 4. The van der Waals surface area contributed by atoms with Crippen LogP contribution >= 0.6 is 0 Å². The number of carbonyl (C=O) groups excluding carboxylic acids is 1. The van der Waals surface area contributed by atoms with E-state index in [4.69, 9.17) is 9.47 Å². The van der Waals surface area contributed by atoms with Crippen LogP contribution in [-0.2, 0) is 4.74 Å². The molecule has 0 spiro atoms. The maximum atomic E-state index is 13.1. The van der Waals surface area contributed by atoms with Crippen LogP contribution in [0.15, 0.2) is 60.7 Å². The van der Waals surface area contributed by atoms with Crippen LogP contribution in [0.4, 0.5) is 0 Å². The van der Waals surface area contributed by atoms with Gasteiger partial charge >= 0.3 is 0 Å². The highest BCUT2D eigenvalue weighted by molar-refractivity contribution is 5.97. The molecule has 3 aromatic rings. The Kier molecular flexibility index (Phi) is 6.70. The number of hydrogen-bond donors (Lipinski definition) is 1. The summed E-state index contributed by atoms with van der Waals surface area (Å²) in [6.45, 7) is 6.79. The Morgan fingerprint density at radius 2 is 1.84 bits per heavy atom. The quantitative estimate of drug-likeness (QED) is 0.637. The number of nitrogens with zero attached hydrogens (tertiary/aromatic N) is 2. The number of benzene rings is 2. The van der Waals surface area contributed by atoms with Gasteiger partial charge in [0, 0.05) is 43.1 Å². The number of amides is 1. The van der Waals surface area contributed by atoms with Gasteiger partial charge in [0.05, 0.1) is 31.6 Å². The van der Waals surface area contributed by atoms with Crippen LogP contribution in [0.25, 0.3) is 16.9 Å². The van der Waals surface area contributed by atoms with Crippen LogP contribution in [0.3, 0.4) is 0 Å². The highest BCUT2D eigenvalue weighted by atomic mass is 16.5. The van der Waals surface area contributed by atoms with Gasteiger partial charge in [-0.25, -0.2) is 0 Å². The van der Waals surface area contributed by atoms with E-state index in [0.717, 1.165) is 61.2 Å². The second kappa shape index (κ2) is 9.81. The minimum atomic E-state index is -0.0513. The van der Waals surface area contributed by atoms with Gasteiger partial charge in [-0.1, -0.05) is 30.3 Å². The molecule has 0 bridgehead atoms. The Labute approximate surface area is 183 Å². The van der Waals surface area contributed by atoms with Crippen LogP contribution in [0.1, 0.15) is 16.1 Å². The molecule has 1 saturated heterocycles. The Balaban J connectivity index is 1.62. The van der Waals surface area contributed by atoms with E-state index in [2.05, 4.69) is 26.9 Å². The standard InChI is InChI=1S/C25H29N3O3/c1-19-23(25(29)26-11-12-27-13-15-31-16-14-27)18-24(20-7-6-10-22(17-20)30-2)28(19)21-8-4-3-5-9-21/h3-10,17-18H,11-16H2,1-2H3,(H,26,29). The molecule has 4 rings (SSSR count). The molecule has 1 aromatic heterocycles. The van der Waals surface area contributed by atoms with Gasteiger partial charge < -0.3 is 19.4 Å². The molecule has 1 fully saturated rings. The highest BCUT2D eigenvalue weighted by Crippen LogP contribution is 2.31. The molecule has 0 saturated carbocycles. The van der Waals surface area contributed by atoms with Crippen molar-refractivity contribution in [3.63, 3.8) is 0 Å². The van der Waals surface area contributed by atoms with Crippen molar-refractivity contribution in [2.45, 2.75) is 6.92 Å². The Hall–Kier alpha value is -3.09. The smallest absolute Gasteiger partial charge is 0.253 e. The van der Waals surface area contributed by atoms with E-state index in [1.807, 2.05) is 55.5 Å². The molecular weight excluding hydrogens is 390 g/mol. The van der Waals surface area contributed by atoms with E-state index >= 15 is 0 Å². The molecule has 0 radical (unpaired) electrons. The summed E-state index contributed by atoms with van der Waals surface area (Å²) in [5, 5.41) is 3.09. The summed E-state index contributed by atoms with van der Waals surface area (Å²) in [4.78, 5) is 15.4. The van der Waals surface area contributed by atoms with Crippen LogP contribution in [0, 0.1) is 6.92 Å². The SMILES string of the molecule is COc1cccc(-c2cc(C(=O)NCCN3CCOCC3)c(C)n2-c2ccccc2)c1. The van der Waals surface area contributed by atoms with Gasteiger partial charge in [-0.3, -0.25) is 9.69 Å². The van der Waals surface area contributed by atoms with Gasteiger partial charge in [0.1, 0.15) is 5.75 Å². The number of carbonyl (C=O) groups is 1. The molecule has 2 heterocycles. The van der Waals surface area contributed by atoms with Gasteiger partial charge in [-0.15, -0.1) is 0 Å². The zero-order valence-corrected chi connectivity index (χ0v) is 18.1. The number of morpholine rings is 1. The third-order valence-corrected chi connectivity index (χ3v) is 5.69. The third-order valence-electron chi connectivity index (χ3n) is 5.69. The van der Waals surface area contributed by atoms with E-state index in [9.17, 15) is 4.79 Å². The van der Waals surface area contributed by atoms with Crippen molar-refractivity contribution >= 4 is 5.91 Å². The summed E-state index contributed by atoms with van der Waals surface area (Å²) < 4.78 is 12.9. The first-order valence-electron chi connectivity index (χ1n) is 10.7. The molecule has 1 N–H and O–H groups in total. The van der Waals surface area contributed by atoms with Crippen molar-refractivity contribution in [1.29, 1.82) is 0 Å². The van der Waals surface area contributed by atoms with Crippen LogP contribution in [0.2, 0.25) is 0 Å². The minimum Gasteiger partial charge on any atom is -0.497 e. The first-order valence-corrected chi connectivity index (χ1v) is 10.7. The fourth-order valence-electron chi connectivity index (χ4n) is 3.99. The fraction of sp³-hybridized carbons (Fsp3) is 0.320. The Morgan fingerprint density at radius 3 is 2.58 bits per heavy atom. The molecule has 1 aliphatic rings. The molecule has 0 atom stereocenters. The number of methoxy groups -OCH3 is 1. The maximum absolute atomic E-state index is 13.1. The number of rotatable bonds is 7. The van der Waals surface area contributed by atoms with Gasteiger partial charge in [0.2, 0.25) is 0 Å². The summed E-state index contributed by atoms with van der Waals surface area (Å²) in [6, 6.07) is 20.0. The van der Waals surface area contributed by atoms with Crippen LogP contribution in [-0.4, -0.2) is 61.9 Å². The normalized spacial score (nSPS) is 14.4. The number of para-hydroxylation sites is 1. The lowest BCUT2D eigenvalue weighted by atomic mass is 10.1. The average molecular weight is 420 g/mol. The minimum absolute atomic E-state index is 0.0513. The molecule has 162 valence electrons. The molecule has 2 aromatic carbocycles. The van der Waals surface area contributed by atoms with Crippen molar-refractivity contribution in [3.05, 3.63) is 71.9 Å². The highest BCUT2D eigenvalue weighted by Gasteiger charge is 2.20. The molecule has 1 amide bonds. The molecule has 0 aliphatic carbocycles. The topological polar surface area (TPSA) is 55.7 Å². The first-order chi connectivity index (χ1) is 15.2. The molecule has 6 heteroatoms.